The lowest BCUT2D eigenvalue weighted by Crippen LogP contribution is -1.92. The minimum absolute atomic E-state index is 0.576. The molecular weight excluding hydrogens is 228 g/mol. The van der Waals surface area contributed by atoms with Crippen molar-refractivity contribution in [2.45, 2.75) is 6.92 Å². The molecule has 0 saturated carbocycles. The highest BCUT2D eigenvalue weighted by molar-refractivity contribution is 9.10. The van der Waals surface area contributed by atoms with Crippen molar-refractivity contribution < 1.29 is 0 Å². The number of hydrogen-bond acceptors (Lipinski definition) is 2. The number of fused-ring (bicyclic) bond motifs is 1. The van der Waals surface area contributed by atoms with E-state index in [0.717, 1.165) is 20.9 Å². The number of halogens is 1. The average Bonchev–Trinajstić information content (AvgIpc) is 2.06. The fraction of sp³-hybridized carbons (Fsp3) is 0.100. The van der Waals surface area contributed by atoms with Crippen LogP contribution in [0.3, 0.4) is 0 Å². The van der Waals surface area contributed by atoms with E-state index in [-0.39, 0.29) is 0 Å². The Morgan fingerprint density at radius 3 is 2.85 bits per heavy atom. The van der Waals surface area contributed by atoms with Gasteiger partial charge in [0.1, 0.15) is 5.82 Å². The predicted molar refractivity (Wildman–Crippen MR) is 58.6 cm³/mol. The van der Waals surface area contributed by atoms with Crippen LogP contribution in [-0.2, 0) is 0 Å². The lowest BCUT2D eigenvalue weighted by atomic mass is 10.1. The van der Waals surface area contributed by atoms with Gasteiger partial charge < -0.3 is 5.73 Å². The first-order valence-electron chi connectivity index (χ1n) is 3.99. The molecule has 2 rings (SSSR count). The predicted octanol–water partition coefficient (Wildman–Crippen LogP) is 2.89. The normalized spacial score (nSPS) is 10.6. The Labute approximate surface area is 84.9 Å². The molecule has 0 atom stereocenters. The van der Waals surface area contributed by atoms with Gasteiger partial charge in [-0.1, -0.05) is 15.9 Å². The van der Waals surface area contributed by atoms with E-state index in [9.17, 15) is 0 Å². The fourth-order valence-corrected chi connectivity index (χ4v) is 1.75. The van der Waals surface area contributed by atoms with Crippen LogP contribution < -0.4 is 5.73 Å². The molecule has 66 valence electrons. The number of hydrogen-bond donors (Lipinski definition) is 1. The van der Waals surface area contributed by atoms with Crippen molar-refractivity contribution in [1.29, 1.82) is 0 Å². The van der Waals surface area contributed by atoms with Crippen molar-refractivity contribution in [3.8, 4) is 0 Å². The van der Waals surface area contributed by atoms with Gasteiger partial charge in [-0.25, -0.2) is 4.98 Å². The minimum atomic E-state index is 0.576. The number of pyridine rings is 1. The molecule has 0 unspecified atom stereocenters. The zero-order valence-electron chi connectivity index (χ0n) is 7.21. The zero-order chi connectivity index (χ0) is 9.42. The van der Waals surface area contributed by atoms with Crippen LogP contribution in [0.5, 0.6) is 0 Å². The average molecular weight is 237 g/mol. The number of rotatable bonds is 0. The van der Waals surface area contributed by atoms with Crippen molar-refractivity contribution in [1.82, 2.24) is 4.98 Å². The van der Waals surface area contributed by atoms with Crippen LogP contribution in [-0.4, -0.2) is 4.98 Å². The monoisotopic (exact) mass is 236 g/mol. The lowest BCUT2D eigenvalue weighted by molar-refractivity contribution is 1.37. The molecule has 13 heavy (non-hydrogen) atoms. The second-order valence-electron chi connectivity index (χ2n) is 3.03. The number of nitrogens with two attached hydrogens (primary N) is 1. The second kappa shape index (κ2) is 3.00. The van der Waals surface area contributed by atoms with Crippen LogP contribution in [0.15, 0.2) is 28.7 Å². The van der Waals surface area contributed by atoms with Gasteiger partial charge in [-0.15, -0.1) is 0 Å². The Morgan fingerprint density at radius 2 is 2.08 bits per heavy atom. The zero-order valence-corrected chi connectivity index (χ0v) is 8.80. The Kier molecular flexibility index (Phi) is 1.96. The van der Waals surface area contributed by atoms with Crippen LogP contribution in [0.1, 0.15) is 5.56 Å². The summed E-state index contributed by atoms with van der Waals surface area (Å²) < 4.78 is 1.06. The summed E-state index contributed by atoms with van der Waals surface area (Å²) in [5.74, 6) is 0.576. The van der Waals surface area contributed by atoms with E-state index in [1.54, 1.807) is 0 Å². The van der Waals surface area contributed by atoms with Gasteiger partial charge in [-0.3, -0.25) is 0 Å². The summed E-state index contributed by atoms with van der Waals surface area (Å²) in [4.78, 5) is 4.23. The molecule has 0 aliphatic carbocycles. The summed E-state index contributed by atoms with van der Waals surface area (Å²) in [5.41, 5.74) is 7.74. The maximum Gasteiger partial charge on any atom is 0.124 e. The SMILES string of the molecule is Cc1cc(N)nc2ccc(Br)cc12. The molecule has 1 aromatic carbocycles. The van der Waals surface area contributed by atoms with E-state index >= 15 is 0 Å². The summed E-state index contributed by atoms with van der Waals surface area (Å²) in [5, 5.41) is 1.14. The van der Waals surface area contributed by atoms with E-state index in [0.29, 0.717) is 5.82 Å². The van der Waals surface area contributed by atoms with Crippen LogP contribution >= 0.6 is 15.9 Å². The van der Waals surface area contributed by atoms with E-state index < -0.39 is 0 Å². The number of aryl methyl sites for hydroxylation is 1. The minimum Gasteiger partial charge on any atom is -0.384 e. The van der Waals surface area contributed by atoms with Gasteiger partial charge in [-0.05, 0) is 36.8 Å². The molecule has 3 heteroatoms. The van der Waals surface area contributed by atoms with Gasteiger partial charge in [0.2, 0.25) is 0 Å². The van der Waals surface area contributed by atoms with Crippen LogP contribution in [0, 0.1) is 6.92 Å². The van der Waals surface area contributed by atoms with Gasteiger partial charge in [0, 0.05) is 9.86 Å². The third-order valence-corrected chi connectivity index (χ3v) is 2.49. The standard InChI is InChI=1S/C10H9BrN2/c1-6-4-10(12)13-9-3-2-7(11)5-8(6)9/h2-5H,1H3,(H2,12,13). The summed E-state index contributed by atoms with van der Waals surface area (Å²) in [6.45, 7) is 2.03. The Morgan fingerprint density at radius 1 is 1.31 bits per heavy atom. The summed E-state index contributed by atoms with van der Waals surface area (Å²) in [7, 11) is 0. The number of benzene rings is 1. The highest BCUT2D eigenvalue weighted by atomic mass is 79.9. The number of nitrogens with zero attached hydrogens (tertiary/aromatic N) is 1. The van der Waals surface area contributed by atoms with Crippen molar-refractivity contribution in [3.63, 3.8) is 0 Å². The number of nitrogen functional groups attached to an aromatic ring is 1. The molecule has 2 aromatic rings. The quantitative estimate of drug-likeness (QED) is 0.765. The first kappa shape index (κ1) is 8.51. The summed E-state index contributed by atoms with van der Waals surface area (Å²) >= 11 is 3.43. The third-order valence-electron chi connectivity index (χ3n) is 2.00. The molecule has 0 saturated heterocycles. The molecule has 2 N–H and O–H groups in total. The number of anilines is 1. The van der Waals surface area contributed by atoms with Gasteiger partial charge in [0.05, 0.1) is 5.52 Å². The van der Waals surface area contributed by atoms with Gasteiger partial charge >= 0.3 is 0 Å². The first-order valence-corrected chi connectivity index (χ1v) is 4.78. The van der Waals surface area contributed by atoms with Crippen molar-refractivity contribution in [2.75, 3.05) is 5.73 Å². The maximum absolute atomic E-state index is 5.64. The largest absolute Gasteiger partial charge is 0.384 e. The number of aromatic nitrogens is 1. The van der Waals surface area contributed by atoms with Crippen LogP contribution in [0.25, 0.3) is 10.9 Å². The molecule has 0 spiro atoms. The Bertz CT molecular complexity index is 466. The molecule has 0 aliphatic heterocycles. The topological polar surface area (TPSA) is 38.9 Å². The smallest absolute Gasteiger partial charge is 0.124 e. The first-order chi connectivity index (χ1) is 6.16. The summed E-state index contributed by atoms with van der Waals surface area (Å²) in [6, 6.07) is 7.86. The molecule has 0 bridgehead atoms. The molecule has 1 aromatic heterocycles. The third kappa shape index (κ3) is 1.52. The molecule has 1 heterocycles. The van der Waals surface area contributed by atoms with Gasteiger partial charge in [0.15, 0.2) is 0 Å². The molecule has 0 radical (unpaired) electrons. The van der Waals surface area contributed by atoms with Crippen LogP contribution in [0.4, 0.5) is 5.82 Å². The fourth-order valence-electron chi connectivity index (χ4n) is 1.39. The van der Waals surface area contributed by atoms with Gasteiger partial charge in [0.25, 0.3) is 0 Å². The van der Waals surface area contributed by atoms with Crippen molar-refractivity contribution in [3.05, 3.63) is 34.3 Å². The molecule has 0 aliphatic rings. The molecule has 0 amide bonds. The van der Waals surface area contributed by atoms with E-state index in [1.807, 2.05) is 25.1 Å². The second-order valence-corrected chi connectivity index (χ2v) is 3.94. The highest BCUT2D eigenvalue weighted by Crippen LogP contribution is 2.22. The van der Waals surface area contributed by atoms with Crippen molar-refractivity contribution in [2.24, 2.45) is 0 Å². The maximum atomic E-state index is 5.64. The molecule has 2 nitrogen and oxygen atoms in total. The highest BCUT2D eigenvalue weighted by Gasteiger charge is 2.00. The Hall–Kier alpha value is -1.09. The molecule has 0 fully saturated rings. The van der Waals surface area contributed by atoms with Crippen molar-refractivity contribution >= 4 is 32.7 Å². The summed E-state index contributed by atoms with van der Waals surface area (Å²) in [6.07, 6.45) is 0. The van der Waals surface area contributed by atoms with E-state index in [1.165, 1.54) is 0 Å². The Balaban J connectivity index is 2.87. The van der Waals surface area contributed by atoms with Crippen LogP contribution in [0.2, 0.25) is 0 Å². The van der Waals surface area contributed by atoms with E-state index in [2.05, 4.69) is 27.0 Å². The lowest BCUT2D eigenvalue weighted by Gasteiger charge is -2.03. The van der Waals surface area contributed by atoms with Gasteiger partial charge in [-0.2, -0.15) is 0 Å². The van der Waals surface area contributed by atoms with E-state index in [4.69, 9.17) is 5.73 Å². The molecular formula is C10H9BrN2.